The molecule has 21 N–H and O–H groups in total. The third-order valence-electron chi connectivity index (χ3n) is 13.8. The van der Waals surface area contributed by atoms with Gasteiger partial charge in [0.25, 0.3) is 11.8 Å². The van der Waals surface area contributed by atoms with Crippen molar-refractivity contribution >= 4 is 19.6 Å². The van der Waals surface area contributed by atoms with E-state index in [1.54, 1.807) is 6.92 Å². The molecule has 6 heterocycles. The van der Waals surface area contributed by atoms with Crippen molar-refractivity contribution in [2.75, 3.05) is 53.4 Å². The molecule has 0 aromatic carbocycles. The fourth-order valence-electron chi connectivity index (χ4n) is 9.22. The van der Waals surface area contributed by atoms with Crippen LogP contribution >= 0.6 is 7.82 Å². The van der Waals surface area contributed by atoms with Gasteiger partial charge in [0.1, 0.15) is 154 Å². The Labute approximate surface area is 457 Å². The number of amides is 2. The molecule has 0 aliphatic carbocycles. The highest BCUT2D eigenvalue weighted by Gasteiger charge is 2.56. The number of phosphoric acid groups is 1. The zero-order valence-electron chi connectivity index (χ0n) is 42.9. The van der Waals surface area contributed by atoms with Crippen LogP contribution in [0.3, 0.4) is 0 Å². The molecule has 81 heavy (non-hydrogen) atoms. The minimum absolute atomic E-state index is 0.107. The van der Waals surface area contributed by atoms with Gasteiger partial charge in [-0.3, -0.25) is 25.0 Å². The van der Waals surface area contributed by atoms with Crippen LogP contribution < -0.4 is 10.9 Å². The van der Waals surface area contributed by atoms with Gasteiger partial charge < -0.3 is 158 Å². The van der Waals surface area contributed by atoms with Crippen LogP contribution in [0.1, 0.15) is 13.3 Å². The molecular weight excluding hydrogens is 1140 g/mol. The first-order chi connectivity index (χ1) is 38.2. The first-order valence-electron chi connectivity index (χ1n) is 25.1. The second kappa shape index (κ2) is 30.0. The van der Waals surface area contributed by atoms with E-state index in [1.165, 1.54) is 7.11 Å². The average molecular weight is 1210 g/mol. The topological polar surface area (TPSA) is 589 Å². The number of carbonyl (C=O) groups excluding carboxylic acids is 2. The number of methoxy groups -OCH3 is 1. The van der Waals surface area contributed by atoms with Gasteiger partial charge in [0.2, 0.25) is 0 Å². The molecule has 6 saturated heterocycles. The van der Waals surface area contributed by atoms with Crippen LogP contribution in [0.2, 0.25) is 0 Å². The largest absolute Gasteiger partial charge is 0.469 e. The van der Waals surface area contributed by atoms with E-state index in [0.29, 0.717) is 0 Å². The van der Waals surface area contributed by atoms with Gasteiger partial charge in [-0.25, -0.2) is 4.57 Å². The van der Waals surface area contributed by atoms with Crippen LogP contribution in [0.25, 0.3) is 0 Å². The number of phosphoric ester groups is 1. The third kappa shape index (κ3) is 16.5. The Kier molecular flexibility index (Phi) is 25.2. The van der Waals surface area contributed by atoms with Gasteiger partial charge in [-0.1, -0.05) is 6.92 Å². The molecule has 6 rings (SSSR count). The molecule has 2 amide bonds. The minimum atomic E-state index is -5.23. The molecule has 0 radical (unpaired) electrons. The summed E-state index contributed by atoms with van der Waals surface area (Å²) < 4.78 is 88.3. The summed E-state index contributed by atoms with van der Waals surface area (Å²) >= 11 is 0. The van der Waals surface area contributed by atoms with E-state index in [2.05, 4.69) is 9.26 Å². The number of hydrogen-bond donors (Lipinski definition) is 21. The number of aliphatic hydroxyl groups is 17. The summed E-state index contributed by atoms with van der Waals surface area (Å²) in [5.74, 6) is -1.90. The van der Waals surface area contributed by atoms with Crippen LogP contribution in [-0.4, -0.2) is 346 Å². The Morgan fingerprint density at radius 1 is 0.407 bits per heavy atom. The van der Waals surface area contributed by atoms with Crippen molar-refractivity contribution in [2.24, 2.45) is 0 Å². The summed E-state index contributed by atoms with van der Waals surface area (Å²) in [6.07, 6.45) is -58.9. The lowest BCUT2D eigenvalue weighted by Crippen LogP contribution is -2.67. The normalized spacial score (nSPS) is 46.2. The molecule has 6 aliphatic rings. The summed E-state index contributed by atoms with van der Waals surface area (Å²) in [6, 6.07) is 0. The van der Waals surface area contributed by atoms with Gasteiger partial charge >= 0.3 is 7.82 Å². The van der Waals surface area contributed by atoms with Crippen molar-refractivity contribution < 1.29 is 177 Å². The number of ether oxygens (including phenoxy) is 13. The van der Waals surface area contributed by atoms with E-state index in [4.69, 9.17) is 56.8 Å². The zero-order valence-corrected chi connectivity index (χ0v) is 43.8. The molecule has 6 aliphatic heterocycles. The summed E-state index contributed by atoms with van der Waals surface area (Å²) in [7, 11) is -4.04. The number of carbonyl (C=O) groups is 2. The van der Waals surface area contributed by atoms with Gasteiger partial charge in [-0.2, -0.15) is 0 Å². The summed E-state index contributed by atoms with van der Waals surface area (Å²) in [5, 5.41) is 184. The Balaban J connectivity index is 1.21. The number of aliphatic hydroxyl groups excluding tert-OH is 17. The molecular formula is C42H73N2O36P. The second-order valence-corrected chi connectivity index (χ2v) is 20.7. The highest BCUT2D eigenvalue weighted by molar-refractivity contribution is 7.46. The number of nitrogens with one attached hydrogen (secondary N) is 2. The van der Waals surface area contributed by atoms with Crippen molar-refractivity contribution in [1.82, 2.24) is 10.9 Å². The summed E-state index contributed by atoms with van der Waals surface area (Å²) in [4.78, 5) is 42.9. The monoisotopic (exact) mass is 1210 g/mol. The van der Waals surface area contributed by atoms with E-state index < -0.39 is 250 Å². The number of hydrogen-bond acceptors (Lipinski definition) is 34. The van der Waals surface area contributed by atoms with Gasteiger partial charge in [-0.05, 0) is 6.42 Å². The first kappa shape index (κ1) is 68.0. The molecule has 0 aromatic heterocycles. The zero-order chi connectivity index (χ0) is 59.9. The predicted octanol–water partition coefficient (Wildman–Crippen LogP) is -13.7. The van der Waals surface area contributed by atoms with Crippen LogP contribution in [0.5, 0.6) is 0 Å². The predicted molar refractivity (Wildman–Crippen MR) is 245 cm³/mol. The Morgan fingerprint density at radius 2 is 0.778 bits per heavy atom. The number of hydrazine groups is 1. The van der Waals surface area contributed by atoms with Crippen LogP contribution in [0.4, 0.5) is 0 Å². The maximum absolute atomic E-state index is 12.7. The SMILES string of the molecule is CCC1O[C@@H](OC2[C@H](OCC3O[C@@H](OCC4O[C@@H](OCC(=O)NNC(=O)COC)C(O)[C@@H](O[C@@H]5OC(CO)[C@H](O)[C@H](O)C5O[C@@H]5OC(COP(=O)(O)O)[C@H](O)[C@H](O)C5O)[C@H]4O)C(O)[C@@H](O)[C@H]3O)OC(CO)[C@H](O)[C@@H]2O)C(O)[C@@H](O)[C@H]1O. The Bertz CT molecular complexity index is 2000. The van der Waals surface area contributed by atoms with Crippen molar-refractivity contribution in [3.8, 4) is 0 Å². The van der Waals surface area contributed by atoms with Gasteiger partial charge in [-0.15, -0.1) is 0 Å². The summed E-state index contributed by atoms with van der Waals surface area (Å²) in [6.45, 7) is -4.91. The lowest BCUT2D eigenvalue weighted by molar-refractivity contribution is -0.390. The average Bonchev–Trinajstić information content (AvgIpc) is 3.57. The Hall–Kier alpha value is -2.15. The fourth-order valence-corrected chi connectivity index (χ4v) is 9.57. The van der Waals surface area contributed by atoms with Crippen LogP contribution in [0.15, 0.2) is 0 Å². The van der Waals surface area contributed by atoms with E-state index >= 15 is 0 Å². The molecule has 0 aromatic rings. The van der Waals surface area contributed by atoms with Crippen molar-refractivity contribution in [1.29, 1.82) is 0 Å². The second-order valence-electron chi connectivity index (χ2n) is 19.5. The Morgan fingerprint density at radius 3 is 1.27 bits per heavy atom. The standard InChI is InChI=1S/C42H73N2O36P/c1-3-11-19(49)25(55)31(61)39(72-11)79-35-28(58)20(50)12(4-45)73-41(35)69-6-14-22(52)26(56)30(60)37(75-14)68-7-15-24(54)34(33(63)38(76-15)70-10-18(48)44-43-17(47)9-67-2)78-42-36(29(59)21(51)13(5-46)74-42)80-40-32(62)27(57)23(53)16(77-40)8-71-81(64,65)66/h11-16,19-42,45-46,49-63H,3-10H2,1-2H3,(H,43,47)(H,44,48)(H2,64,65,66)/t11?,12?,13?,14?,15?,16?,19-,20-,21-,22-,23-,24-,25-,26-,27-,28-,29-,30?,31?,32?,33?,34-,35?,36?,37+,38+,39-,40-,41+,42-/m0/s1. The molecule has 6 fully saturated rings. The molecule has 472 valence electrons. The maximum atomic E-state index is 12.7. The molecule has 30 atom stereocenters. The van der Waals surface area contributed by atoms with E-state index in [1.807, 2.05) is 10.9 Å². The molecule has 0 bridgehead atoms. The van der Waals surface area contributed by atoms with Crippen LogP contribution in [-0.2, 0) is 80.3 Å². The molecule has 0 saturated carbocycles. The highest BCUT2D eigenvalue weighted by atomic mass is 31.2. The molecule has 38 nitrogen and oxygen atoms in total. The molecule has 0 spiro atoms. The summed E-state index contributed by atoms with van der Waals surface area (Å²) in [5.41, 5.74) is 3.96. The van der Waals surface area contributed by atoms with Crippen molar-refractivity contribution in [3.63, 3.8) is 0 Å². The highest BCUT2D eigenvalue weighted by Crippen LogP contribution is 2.39. The maximum Gasteiger partial charge on any atom is 0.469 e. The number of rotatable bonds is 23. The van der Waals surface area contributed by atoms with E-state index in [9.17, 15) is 111 Å². The van der Waals surface area contributed by atoms with Crippen molar-refractivity contribution in [3.05, 3.63) is 0 Å². The minimum Gasteiger partial charge on any atom is -0.394 e. The third-order valence-corrected chi connectivity index (χ3v) is 14.3. The van der Waals surface area contributed by atoms with Gasteiger partial charge in [0.15, 0.2) is 37.7 Å². The fraction of sp³-hybridized carbons (Fsp3) is 0.952. The van der Waals surface area contributed by atoms with E-state index in [-0.39, 0.29) is 6.42 Å². The van der Waals surface area contributed by atoms with E-state index in [0.717, 1.165) is 0 Å². The van der Waals surface area contributed by atoms with Gasteiger partial charge in [0.05, 0.1) is 39.1 Å². The molecule has 12 unspecified atom stereocenters. The molecule has 39 heteroatoms. The quantitative estimate of drug-likeness (QED) is 0.0334. The lowest BCUT2D eigenvalue weighted by Gasteiger charge is -2.48. The van der Waals surface area contributed by atoms with Crippen LogP contribution in [0, 0.1) is 0 Å². The lowest BCUT2D eigenvalue weighted by atomic mass is 9.96. The first-order valence-corrected chi connectivity index (χ1v) is 26.6. The smallest absolute Gasteiger partial charge is 0.394 e. The van der Waals surface area contributed by atoms with Gasteiger partial charge in [0, 0.05) is 7.11 Å². The van der Waals surface area contributed by atoms with Crippen molar-refractivity contribution in [2.45, 2.75) is 198 Å².